The summed E-state index contributed by atoms with van der Waals surface area (Å²) in [5.74, 6) is -1.01. The van der Waals surface area contributed by atoms with Gasteiger partial charge in [-0.3, -0.25) is 9.69 Å². The Balaban J connectivity index is 2.44. The molecule has 0 aliphatic heterocycles. The third kappa shape index (κ3) is 7.62. The van der Waals surface area contributed by atoms with Crippen LogP contribution in [0, 0.1) is 5.82 Å². The third-order valence-corrected chi connectivity index (χ3v) is 2.59. The van der Waals surface area contributed by atoms with Crippen molar-refractivity contribution in [2.45, 2.75) is 12.7 Å². The number of hydrogen-bond acceptors (Lipinski definition) is 3. The van der Waals surface area contributed by atoms with Gasteiger partial charge < -0.3 is 10.4 Å². The highest BCUT2D eigenvalue weighted by Gasteiger charge is 2.31. The summed E-state index contributed by atoms with van der Waals surface area (Å²) in [5.41, 5.74) is 0.634. The first-order valence-corrected chi connectivity index (χ1v) is 6.21. The molecule has 0 radical (unpaired) electrons. The number of aliphatic hydroxyl groups excluding tert-OH is 1. The lowest BCUT2D eigenvalue weighted by Crippen LogP contribution is -2.42. The van der Waals surface area contributed by atoms with E-state index in [1.54, 1.807) is 0 Å². The zero-order valence-corrected chi connectivity index (χ0v) is 11.2. The van der Waals surface area contributed by atoms with E-state index in [1.165, 1.54) is 24.3 Å². The topological polar surface area (TPSA) is 52.6 Å². The first-order valence-electron chi connectivity index (χ1n) is 6.21. The molecule has 1 rings (SSSR count). The molecule has 1 aromatic carbocycles. The summed E-state index contributed by atoms with van der Waals surface area (Å²) < 4.78 is 49.5. The van der Waals surface area contributed by atoms with Crippen molar-refractivity contribution in [1.29, 1.82) is 0 Å². The maximum atomic E-state index is 12.7. The molecule has 118 valence electrons. The van der Waals surface area contributed by atoms with Gasteiger partial charge in [0.15, 0.2) is 0 Å². The lowest BCUT2D eigenvalue weighted by Gasteiger charge is -2.22. The van der Waals surface area contributed by atoms with Crippen LogP contribution in [-0.4, -0.2) is 48.3 Å². The predicted octanol–water partition coefficient (Wildman–Crippen LogP) is 1.30. The second-order valence-corrected chi connectivity index (χ2v) is 4.45. The van der Waals surface area contributed by atoms with Gasteiger partial charge in [-0.1, -0.05) is 12.1 Å². The van der Waals surface area contributed by atoms with Gasteiger partial charge in [0.1, 0.15) is 5.82 Å². The molecule has 0 spiro atoms. The quantitative estimate of drug-likeness (QED) is 0.747. The van der Waals surface area contributed by atoms with E-state index >= 15 is 0 Å². The molecule has 0 aromatic heterocycles. The highest BCUT2D eigenvalue weighted by atomic mass is 19.4. The van der Waals surface area contributed by atoms with E-state index in [9.17, 15) is 22.4 Å². The molecule has 0 aliphatic carbocycles. The average molecular weight is 308 g/mol. The standard InChI is InChI=1S/C13H16F4N2O2/c14-11-3-1-10(2-4-11)7-18-12(21)8-19(5-6-20)9-13(15,16)17/h1-4,20H,5-9H2,(H,18,21). The Hall–Kier alpha value is -1.67. The first kappa shape index (κ1) is 17.4. The molecule has 0 heterocycles. The van der Waals surface area contributed by atoms with Crippen LogP contribution < -0.4 is 5.32 Å². The van der Waals surface area contributed by atoms with Gasteiger partial charge in [-0.25, -0.2) is 4.39 Å². The van der Waals surface area contributed by atoms with E-state index < -0.39 is 37.6 Å². The third-order valence-electron chi connectivity index (χ3n) is 2.59. The van der Waals surface area contributed by atoms with Crippen LogP contribution in [0.2, 0.25) is 0 Å². The number of amides is 1. The second-order valence-electron chi connectivity index (χ2n) is 4.45. The van der Waals surface area contributed by atoms with E-state index in [0.29, 0.717) is 5.56 Å². The Labute approximate surface area is 119 Å². The summed E-state index contributed by atoms with van der Waals surface area (Å²) in [5, 5.41) is 11.1. The molecule has 0 saturated heterocycles. The summed E-state index contributed by atoms with van der Waals surface area (Å²) in [6.45, 7) is -2.36. The second kappa shape index (κ2) is 7.94. The van der Waals surface area contributed by atoms with Gasteiger partial charge in [0.05, 0.1) is 19.7 Å². The zero-order valence-electron chi connectivity index (χ0n) is 11.2. The lowest BCUT2D eigenvalue weighted by atomic mass is 10.2. The Morgan fingerprint density at radius 1 is 1.24 bits per heavy atom. The summed E-state index contributed by atoms with van der Waals surface area (Å²) in [6.07, 6.45) is -4.44. The molecule has 8 heteroatoms. The van der Waals surface area contributed by atoms with Crippen LogP contribution in [-0.2, 0) is 11.3 Å². The van der Waals surface area contributed by atoms with Crippen molar-refractivity contribution in [2.24, 2.45) is 0 Å². The minimum atomic E-state index is -4.44. The van der Waals surface area contributed by atoms with Crippen LogP contribution in [0.25, 0.3) is 0 Å². The van der Waals surface area contributed by atoms with E-state index in [1.807, 2.05) is 0 Å². The SMILES string of the molecule is O=C(CN(CCO)CC(F)(F)F)NCc1ccc(F)cc1. The molecule has 0 aliphatic rings. The fourth-order valence-corrected chi connectivity index (χ4v) is 1.67. The van der Waals surface area contributed by atoms with E-state index in [4.69, 9.17) is 5.11 Å². The monoisotopic (exact) mass is 308 g/mol. The molecule has 4 nitrogen and oxygen atoms in total. The fraction of sp³-hybridized carbons (Fsp3) is 0.462. The smallest absolute Gasteiger partial charge is 0.395 e. The summed E-state index contributed by atoms with van der Waals surface area (Å²) in [6, 6.07) is 5.39. The summed E-state index contributed by atoms with van der Waals surface area (Å²) in [7, 11) is 0. The minimum absolute atomic E-state index is 0.0953. The number of alkyl halides is 3. The van der Waals surface area contributed by atoms with E-state index in [2.05, 4.69) is 5.32 Å². The van der Waals surface area contributed by atoms with Crippen LogP contribution in [0.4, 0.5) is 17.6 Å². The number of nitrogens with one attached hydrogen (secondary N) is 1. The number of nitrogens with zero attached hydrogens (tertiary/aromatic N) is 1. The molecular formula is C13H16F4N2O2. The largest absolute Gasteiger partial charge is 0.401 e. The fourth-order valence-electron chi connectivity index (χ4n) is 1.67. The van der Waals surface area contributed by atoms with Crippen molar-refractivity contribution in [3.05, 3.63) is 35.6 Å². The van der Waals surface area contributed by atoms with Gasteiger partial charge in [0, 0.05) is 13.1 Å². The van der Waals surface area contributed by atoms with Gasteiger partial charge in [-0.2, -0.15) is 13.2 Å². The van der Waals surface area contributed by atoms with Gasteiger partial charge >= 0.3 is 6.18 Å². The average Bonchev–Trinajstić information content (AvgIpc) is 2.36. The van der Waals surface area contributed by atoms with Crippen LogP contribution in [0.15, 0.2) is 24.3 Å². The molecule has 0 atom stereocenters. The van der Waals surface area contributed by atoms with Gasteiger partial charge in [0.25, 0.3) is 0 Å². The maximum Gasteiger partial charge on any atom is 0.401 e. The Bertz CT molecular complexity index is 448. The number of carbonyl (C=O) groups is 1. The van der Waals surface area contributed by atoms with Crippen LogP contribution >= 0.6 is 0 Å². The summed E-state index contributed by atoms with van der Waals surface area (Å²) >= 11 is 0. The molecule has 1 amide bonds. The number of aliphatic hydroxyl groups is 1. The number of rotatable bonds is 7. The minimum Gasteiger partial charge on any atom is -0.395 e. The van der Waals surface area contributed by atoms with Crippen molar-refractivity contribution in [3.63, 3.8) is 0 Å². The number of carbonyl (C=O) groups excluding carboxylic acids is 1. The van der Waals surface area contributed by atoms with Crippen molar-refractivity contribution >= 4 is 5.91 Å². The number of benzene rings is 1. The zero-order chi connectivity index (χ0) is 15.9. The van der Waals surface area contributed by atoms with Crippen LogP contribution in [0.3, 0.4) is 0 Å². The van der Waals surface area contributed by atoms with Crippen LogP contribution in [0.1, 0.15) is 5.56 Å². The van der Waals surface area contributed by atoms with Crippen molar-refractivity contribution < 1.29 is 27.5 Å². The van der Waals surface area contributed by atoms with Gasteiger partial charge in [0.2, 0.25) is 5.91 Å². The molecule has 0 saturated carbocycles. The molecule has 1 aromatic rings. The number of halogens is 4. The molecule has 0 bridgehead atoms. The van der Waals surface area contributed by atoms with Crippen molar-refractivity contribution in [2.75, 3.05) is 26.2 Å². The Morgan fingerprint density at radius 2 is 1.86 bits per heavy atom. The molecule has 0 fully saturated rings. The first-order chi connectivity index (χ1) is 9.80. The highest BCUT2D eigenvalue weighted by Crippen LogP contribution is 2.16. The highest BCUT2D eigenvalue weighted by molar-refractivity contribution is 5.78. The lowest BCUT2D eigenvalue weighted by molar-refractivity contribution is -0.149. The van der Waals surface area contributed by atoms with Crippen LogP contribution in [0.5, 0.6) is 0 Å². The molecular weight excluding hydrogens is 292 g/mol. The normalized spacial score (nSPS) is 11.7. The Kier molecular flexibility index (Phi) is 6.57. The molecule has 21 heavy (non-hydrogen) atoms. The van der Waals surface area contributed by atoms with Gasteiger partial charge in [-0.15, -0.1) is 0 Å². The van der Waals surface area contributed by atoms with E-state index in [-0.39, 0.29) is 13.1 Å². The maximum absolute atomic E-state index is 12.7. The number of hydrogen-bond donors (Lipinski definition) is 2. The molecule has 2 N–H and O–H groups in total. The predicted molar refractivity (Wildman–Crippen MR) is 67.8 cm³/mol. The van der Waals surface area contributed by atoms with Gasteiger partial charge in [-0.05, 0) is 17.7 Å². The van der Waals surface area contributed by atoms with Crippen molar-refractivity contribution in [3.8, 4) is 0 Å². The van der Waals surface area contributed by atoms with E-state index in [0.717, 1.165) is 4.90 Å². The Morgan fingerprint density at radius 3 is 2.38 bits per heavy atom. The molecule has 0 unspecified atom stereocenters. The van der Waals surface area contributed by atoms with Crippen molar-refractivity contribution in [1.82, 2.24) is 10.2 Å². The summed E-state index contributed by atoms with van der Waals surface area (Å²) in [4.78, 5) is 12.4.